The molecule has 0 saturated carbocycles. The van der Waals surface area contributed by atoms with Gasteiger partial charge in [0.15, 0.2) is 5.75 Å². The molecule has 1 aliphatic rings. The van der Waals surface area contributed by atoms with Crippen molar-refractivity contribution in [2.75, 3.05) is 20.2 Å². The minimum atomic E-state index is -0.00528. The molecule has 2 aromatic heterocycles. The molecule has 3 heterocycles. The number of fused-ring (bicyclic) bond motifs is 1. The summed E-state index contributed by atoms with van der Waals surface area (Å²) >= 11 is 0. The first-order valence-electron chi connectivity index (χ1n) is 9.67. The Morgan fingerprint density at radius 2 is 1.79 bits per heavy atom. The molecule has 1 unspecified atom stereocenters. The number of rotatable bonds is 7. The SMILES string of the molecule is CN(CCc1ccccn1)Cc1ccc(CC2COc3cccnc3O2)cc1. The van der Waals surface area contributed by atoms with Crippen molar-refractivity contribution < 1.29 is 9.47 Å². The summed E-state index contributed by atoms with van der Waals surface area (Å²) in [6.07, 6.45) is 5.35. The van der Waals surface area contributed by atoms with Crippen LogP contribution in [0.1, 0.15) is 16.8 Å². The van der Waals surface area contributed by atoms with Gasteiger partial charge in [0.25, 0.3) is 5.88 Å². The molecule has 0 amide bonds. The zero-order valence-corrected chi connectivity index (χ0v) is 16.1. The van der Waals surface area contributed by atoms with E-state index < -0.39 is 0 Å². The first-order valence-corrected chi connectivity index (χ1v) is 9.67. The average Bonchev–Trinajstić information content (AvgIpc) is 2.74. The molecule has 28 heavy (non-hydrogen) atoms. The van der Waals surface area contributed by atoms with E-state index in [0.717, 1.165) is 37.4 Å². The van der Waals surface area contributed by atoms with E-state index in [0.29, 0.717) is 12.5 Å². The molecule has 0 bridgehead atoms. The first kappa shape index (κ1) is 18.4. The van der Waals surface area contributed by atoms with Crippen LogP contribution in [0.15, 0.2) is 67.0 Å². The topological polar surface area (TPSA) is 47.5 Å². The molecular formula is C23H25N3O2. The number of likely N-dealkylation sites (N-methyl/N-ethyl adjacent to an activating group) is 1. The lowest BCUT2D eigenvalue weighted by Crippen LogP contribution is -2.31. The van der Waals surface area contributed by atoms with Gasteiger partial charge in [-0.15, -0.1) is 0 Å². The van der Waals surface area contributed by atoms with Crippen LogP contribution in [0.2, 0.25) is 0 Å². The summed E-state index contributed by atoms with van der Waals surface area (Å²) in [7, 11) is 2.15. The number of benzene rings is 1. The van der Waals surface area contributed by atoms with E-state index >= 15 is 0 Å². The largest absolute Gasteiger partial charge is 0.484 e. The van der Waals surface area contributed by atoms with Gasteiger partial charge >= 0.3 is 0 Å². The Hall–Kier alpha value is -2.92. The number of ether oxygens (including phenoxy) is 2. The van der Waals surface area contributed by atoms with Gasteiger partial charge in [0.1, 0.15) is 12.7 Å². The van der Waals surface area contributed by atoms with E-state index in [-0.39, 0.29) is 6.10 Å². The minimum Gasteiger partial charge on any atom is -0.484 e. The molecule has 0 spiro atoms. The van der Waals surface area contributed by atoms with Crippen LogP contribution in [0, 0.1) is 0 Å². The number of aromatic nitrogens is 2. The van der Waals surface area contributed by atoms with Gasteiger partial charge < -0.3 is 14.4 Å². The number of pyridine rings is 2. The van der Waals surface area contributed by atoms with Crippen LogP contribution < -0.4 is 9.47 Å². The highest BCUT2D eigenvalue weighted by molar-refractivity contribution is 5.34. The Kier molecular flexibility index (Phi) is 5.83. The molecule has 1 atom stereocenters. The summed E-state index contributed by atoms with van der Waals surface area (Å²) < 4.78 is 11.7. The maximum atomic E-state index is 5.95. The molecule has 0 aliphatic carbocycles. The average molecular weight is 375 g/mol. The van der Waals surface area contributed by atoms with Crippen LogP contribution in [0.4, 0.5) is 0 Å². The fraction of sp³-hybridized carbons (Fsp3) is 0.304. The van der Waals surface area contributed by atoms with Crippen molar-refractivity contribution >= 4 is 0 Å². The highest BCUT2D eigenvalue weighted by atomic mass is 16.6. The third-order valence-corrected chi connectivity index (χ3v) is 4.85. The summed E-state index contributed by atoms with van der Waals surface area (Å²) in [6, 6.07) is 18.6. The van der Waals surface area contributed by atoms with Crippen LogP contribution >= 0.6 is 0 Å². The zero-order chi connectivity index (χ0) is 19.2. The Balaban J connectivity index is 1.27. The molecule has 0 saturated heterocycles. The monoisotopic (exact) mass is 375 g/mol. The molecule has 4 rings (SSSR count). The summed E-state index contributed by atoms with van der Waals surface area (Å²) in [5.74, 6) is 1.31. The van der Waals surface area contributed by atoms with E-state index in [1.165, 1.54) is 11.1 Å². The summed E-state index contributed by atoms with van der Waals surface area (Å²) in [5, 5.41) is 0. The van der Waals surface area contributed by atoms with Gasteiger partial charge in [-0.1, -0.05) is 30.3 Å². The van der Waals surface area contributed by atoms with Crippen molar-refractivity contribution in [3.05, 3.63) is 83.8 Å². The third-order valence-electron chi connectivity index (χ3n) is 4.85. The van der Waals surface area contributed by atoms with Crippen LogP contribution in [-0.4, -0.2) is 41.2 Å². The van der Waals surface area contributed by atoms with Gasteiger partial charge in [0.05, 0.1) is 0 Å². The van der Waals surface area contributed by atoms with Gasteiger partial charge in [-0.05, 0) is 42.4 Å². The van der Waals surface area contributed by atoms with Gasteiger partial charge in [0.2, 0.25) is 0 Å². The quantitative estimate of drug-likeness (QED) is 0.632. The molecule has 1 aromatic carbocycles. The van der Waals surface area contributed by atoms with Gasteiger partial charge in [0, 0.05) is 44.0 Å². The predicted octanol–water partition coefficient (Wildman–Crippen LogP) is 3.53. The number of nitrogens with zero attached hydrogens (tertiary/aromatic N) is 3. The Morgan fingerprint density at radius 3 is 2.61 bits per heavy atom. The Bertz CT molecular complexity index is 884. The maximum Gasteiger partial charge on any atom is 0.257 e. The Morgan fingerprint density at radius 1 is 0.964 bits per heavy atom. The number of hydrogen-bond donors (Lipinski definition) is 0. The summed E-state index contributed by atoms with van der Waals surface area (Å²) in [4.78, 5) is 10.9. The van der Waals surface area contributed by atoms with Crippen molar-refractivity contribution in [2.45, 2.75) is 25.5 Å². The lowest BCUT2D eigenvalue weighted by Gasteiger charge is -2.25. The predicted molar refractivity (Wildman–Crippen MR) is 109 cm³/mol. The summed E-state index contributed by atoms with van der Waals surface area (Å²) in [5.41, 5.74) is 3.68. The van der Waals surface area contributed by atoms with Crippen molar-refractivity contribution in [2.24, 2.45) is 0 Å². The fourth-order valence-corrected chi connectivity index (χ4v) is 3.34. The standard InChI is InChI=1S/C23H25N3O2/c1-26(14-11-20-5-2-3-12-24-20)16-19-9-7-18(8-10-19)15-21-17-27-22-6-4-13-25-23(22)28-21/h2-10,12-13,21H,11,14-17H2,1H3. The molecule has 5 nitrogen and oxygen atoms in total. The van der Waals surface area contributed by atoms with Crippen LogP contribution in [0.3, 0.4) is 0 Å². The molecule has 5 heteroatoms. The van der Waals surface area contributed by atoms with Crippen molar-refractivity contribution in [3.8, 4) is 11.6 Å². The van der Waals surface area contributed by atoms with E-state index in [1.807, 2.05) is 30.5 Å². The van der Waals surface area contributed by atoms with Crippen molar-refractivity contribution in [1.29, 1.82) is 0 Å². The zero-order valence-electron chi connectivity index (χ0n) is 16.1. The van der Waals surface area contributed by atoms with E-state index in [2.05, 4.69) is 52.2 Å². The normalized spacial score (nSPS) is 15.6. The lowest BCUT2D eigenvalue weighted by molar-refractivity contribution is 0.0852. The second-order valence-electron chi connectivity index (χ2n) is 7.19. The third kappa shape index (κ3) is 4.87. The molecule has 0 fully saturated rings. The van der Waals surface area contributed by atoms with E-state index in [9.17, 15) is 0 Å². The van der Waals surface area contributed by atoms with Crippen LogP contribution in [0.5, 0.6) is 11.6 Å². The molecule has 0 N–H and O–H groups in total. The van der Waals surface area contributed by atoms with Gasteiger partial charge in [-0.3, -0.25) is 4.98 Å². The first-order chi connectivity index (χ1) is 13.8. The number of hydrogen-bond acceptors (Lipinski definition) is 5. The Labute approximate surface area is 166 Å². The smallest absolute Gasteiger partial charge is 0.257 e. The van der Waals surface area contributed by atoms with Gasteiger partial charge in [-0.2, -0.15) is 0 Å². The molecule has 1 aliphatic heterocycles. The fourth-order valence-electron chi connectivity index (χ4n) is 3.34. The second-order valence-corrected chi connectivity index (χ2v) is 7.19. The summed E-state index contributed by atoms with van der Waals surface area (Å²) in [6.45, 7) is 2.46. The van der Waals surface area contributed by atoms with Crippen molar-refractivity contribution in [1.82, 2.24) is 14.9 Å². The second kappa shape index (κ2) is 8.85. The lowest BCUT2D eigenvalue weighted by atomic mass is 10.1. The highest BCUT2D eigenvalue weighted by Gasteiger charge is 2.21. The maximum absolute atomic E-state index is 5.95. The molecular weight excluding hydrogens is 350 g/mol. The van der Waals surface area contributed by atoms with Gasteiger partial charge in [-0.25, -0.2) is 4.98 Å². The van der Waals surface area contributed by atoms with Crippen LogP contribution in [0.25, 0.3) is 0 Å². The van der Waals surface area contributed by atoms with E-state index in [1.54, 1.807) is 6.20 Å². The van der Waals surface area contributed by atoms with Crippen molar-refractivity contribution in [3.63, 3.8) is 0 Å². The minimum absolute atomic E-state index is 0.00528. The molecule has 3 aromatic rings. The van der Waals surface area contributed by atoms with E-state index in [4.69, 9.17) is 9.47 Å². The van der Waals surface area contributed by atoms with Crippen LogP contribution in [-0.2, 0) is 19.4 Å². The molecule has 144 valence electrons. The highest BCUT2D eigenvalue weighted by Crippen LogP contribution is 2.29. The molecule has 0 radical (unpaired) electrons.